The van der Waals surface area contributed by atoms with Gasteiger partial charge in [0.25, 0.3) is 0 Å². The monoisotopic (exact) mass is 279 g/mol. The second kappa shape index (κ2) is 8.12. The van der Waals surface area contributed by atoms with Gasteiger partial charge in [-0.3, -0.25) is 0 Å². The van der Waals surface area contributed by atoms with Gasteiger partial charge in [0.2, 0.25) is 6.79 Å². The molecular weight excluding hydrogens is 254 g/mol. The number of hydrogen-bond donors (Lipinski definition) is 1. The van der Waals surface area contributed by atoms with Crippen molar-refractivity contribution in [2.24, 2.45) is 5.73 Å². The van der Waals surface area contributed by atoms with Crippen molar-refractivity contribution in [2.45, 2.75) is 45.1 Å². The Labute approximate surface area is 121 Å². The summed E-state index contributed by atoms with van der Waals surface area (Å²) in [6.45, 7) is 3.86. The zero-order valence-electron chi connectivity index (χ0n) is 12.3. The molecule has 0 saturated carbocycles. The minimum Gasteiger partial charge on any atom is -0.454 e. The van der Waals surface area contributed by atoms with Gasteiger partial charge in [-0.25, -0.2) is 0 Å². The fourth-order valence-corrected chi connectivity index (χ4v) is 2.26. The predicted molar refractivity (Wildman–Crippen MR) is 79.1 cm³/mol. The maximum absolute atomic E-state index is 6.13. The molecule has 1 atom stereocenters. The lowest BCUT2D eigenvalue weighted by Gasteiger charge is -2.13. The number of ether oxygens (including phenoxy) is 3. The molecule has 0 aliphatic carbocycles. The first kappa shape index (κ1) is 15.1. The quantitative estimate of drug-likeness (QED) is 0.704. The highest BCUT2D eigenvalue weighted by atomic mass is 16.7. The van der Waals surface area contributed by atoms with Crippen LogP contribution in [0.5, 0.6) is 11.5 Å². The molecule has 0 amide bonds. The molecule has 1 aromatic rings. The summed E-state index contributed by atoms with van der Waals surface area (Å²) in [5, 5.41) is 0. The average molecular weight is 279 g/mol. The first-order valence-electron chi connectivity index (χ1n) is 7.54. The third-order valence-electron chi connectivity index (χ3n) is 3.51. The van der Waals surface area contributed by atoms with Crippen molar-refractivity contribution in [1.29, 1.82) is 0 Å². The van der Waals surface area contributed by atoms with Gasteiger partial charge in [-0.1, -0.05) is 38.7 Å². The highest BCUT2D eigenvalue weighted by molar-refractivity contribution is 5.45. The molecule has 0 saturated heterocycles. The van der Waals surface area contributed by atoms with Crippen molar-refractivity contribution in [3.05, 3.63) is 23.8 Å². The summed E-state index contributed by atoms with van der Waals surface area (Å²) in [5.74, 6) is 1.57. The first-order chi connectivity index (χ1) is 9.81. The van der Waals surface area contributed by atoms with Crippen LogP contribution in [0.2, 0.25) is 0 Å². The Bertz CT molecular complexity index is 409. The van der Waals surface area contributed by atoms with E-state index in [-0.39, 0.29) is 6.04 Å². The normalized spacial score (nSPS) is 14.5. The number of benzene rings is 1. The van der Waals surface area contributed by atoms with E-state index in [1.165, 1.54) is 25.7 Å². The lowest BCUT2D eigenvalue weighted by atomic mass is 10.1. The molecule has 1 aliphatic heterocycles. The molecule has 112 valence electrons. The van der Waals surface area contributed by atoms with Crippen LogP contribution in [-0.2, 0) is 4.74 Å². The van der Waals surface area contributed by atoms with E-state index in [0.29, 0.717) is 13.4 Å². The average Bonchev–Trinajstić information content (AvgIpc) is 2.93. The fourth-order valence-electron chi connectivity index (χ4n) is 2.26. The SMILES string of the molecule is CCCCCCCOCC(N)c1ccc2c(c1)OCO2. The molecular formula is C16H25NO3. The molecule has 20 heavy (non-hydrogen) atoms. The van der Waals surface area contributed by atoms with Crippen LogP contribution in [0.1, 0.15) is 50.6 Å². The van der Waals surface area contributed by atoms with E-state index in [1.807, 2.05) is 18.2 Å². The molecule has 0 bridgehead atoms. The second-order valence-corrected chi connectivity index (χ2v) is 5.21. The number of nitrogens with two attached hydrogens (primary N) is 1. The zero-order chi connectivity index (χ0) is 14.2. The zero-order valence-corrected chi connectivity index (χ0v) is 12.3. The van der Waals surface area contributed by atoms with Gasteiger partial charge >= 0.3 is 0 Å². The molecule has 4 heteroatoms. The van der Waals surface area contributed by atoms with Crippen LogP contribution in [0.25, 0.3) is 0 Å². The molecule has 4 nitrogen and oxygen atoms in total. The van der Waals surface area contributed by atoms with Crippen LogP contribution in [0.15, 0.2) is 18.2 Å². The molecule has 2 rings (SSSR count). The van der Waals surface area contributed by atoms with E-state index in [2.05, 4.69) is 6.92 Å². The molecule has 2 N–H and O–H groups in total. The van der Waals surface area contributed by atoms with E-state index in [1.54, 1.807) is 0 Å². The Morgan fingerprint density at radius 2 is 1.95 bits per heavy atom. The van der Waals surface area contributed by atoms with E-state index in [0.717, 1.165) is 30.1 Å². The maximum Gasteiger partial charge on any atom is 0.231 e. The molecule has 1 heterocycles. The lowest BCUT2D eigenvalue weighted by Crippen LogP contribution is -2.17. The summed E-state index contributed by atoms with van der Waals surface area (Å²) in [6.07, 6.45) is 6.25. The standard InChI is InChI=1S/C16H25NO3/c1-2-3-4-5-6-9-18-11-14(17)13-7-8-15-16(10-13)20-12-19-15/h7-8,10,14H,2-6,9,11-12,17H2,1H3. The smallest absolute Gasteiger partial charge is 0.231 e. The van der Waals surface area contributed by atoms with Gasteiger partial charge in [0.05, 0.1) is 12.6 Å². The Kier molecular flexibility index (Phi) is 6.15. The van der Waals surface area contributed by atoms with Crippen molar-refractivity contribution >= 4 is 0 Å². The van der Waals surface area contributed by atoms with Gasteiger partial charge in [0, 0.05) is 6.61 Å². The summed E-state index contributed by atoms with van der Waals surface area (Å²) in [7, 11) is 0. The Hall–Kier alpha value is -1.26. The van der Waals surface area contributed by atoms with E-state index in [4.69, 9.17) is 19.9 Å². The van der Waals surface area contributed by atoms with Crippen molar-refractivity contribution in [3.8, 4) is 11.5 Å². The maximum atomic E-state index is 6.13. The molecule has 0 radical (unpaired) electrons. The van der Waals surface area contributed by atoms with Gasteiger partial charge in [-0.05, 0) is 24.1 Å². The number of rotatable bonds is 9. The Balaban J connectivity index is 1.66. The van der Waals surface area contributed by atoms with Crippen LogP contribution >= 0.6 is 0 Å². The van der Waals surface area contributed by atoms with Gasteiger partial charge in [-0.15, -0.1) is 0 Å². The second-order valence-electron chi connectivity index (χ2n) is 5.21. The minimum atomic E-state index is -0.111. The lowest BCUT2D eigenvalue weighted by molar-refractivity contribution is 0.117. The van der Waals surface area contributed by atoms with E-state index < -0.39 is 0 Å². The number of fused-ring (bicyclic) bond motifs is 1. The van der Waals surface area contributed by atoms with Crippen molar-refractivity contribution in [2.75, 3.05) is 20.0 Å². The van der Waals surface area contributed by atoms with Crippen molar-refractivity contribution in [3.63, 3.8) is 0 Å². The van der Waals surface area contributed by atoms with Gasteiger partial charge in [0.15, 0.2) is 11.5 Å². The third-order valence-corrected chi connectivity index (χ3v) is 3.51. The number of unbranched alkanes of at least 4 members (excludes halogenated alkanes) is 4. The molecule has 1 aliphatic rings. The Morgan fingerprint density at radius 3 is 2.80 bits per heavy atom. The number of hydrogen-bond acceptors (Lipinski definition) is 4. The van der Waals surface area contributed by atoms with E-state index >= 15 is 0 Å². The third kappa shape index (κ3) is 4.39. The largest absolute Gasteiger partial charge is 0.454 e. The van der Waals surface area contributed by atoms with Gasteiger partial charge in [-0.2, -0.15) is 0 Å². The molecule has 0 spiro atoms. The summed E-state index contributed by atoms with van der Waals surface area (Å²) in [5.41, 5.74) is 7.16. The highest BCUT2D eigenvalue weighted by Crippen LogP contribution is 2.33. The summed E-state index contributed by atoms with van der Waals surface area (Å²) >= 11 is 0. The Morgan fingerprint density at radius 1 is 1.15 bits per heavy atom. The van der Waals surface area contributed by atoms with Gasteiger partial charge < -0.3 is 19.9 Å². The summed E-state index contributed by atoms with van der Waals surface area (Å²) < 4.78 is 16.3. The summed E-state index contributed by atoms with van der Waals surface area (Å²) in [4.78, 5) is 0. The van der Waals surface area contributed by atoms with Crippen LogP contribution in [0.4, 0.5) is 0 Å². The van der Waals surface area contributed by atoms with Crippen molar-refractivity contribution < 1.29 is 14.2 Å². The minimum absolute atomic E-state index is 0.111. The predicted octanol–water partition coefficient (Wildman–Crippen LogP) is 3.40. The first-order valence-corrected chi connectivity index (χ1v) is 7.54. The molecule has 1 unspecified atom stereocenters. The highest BCUT2D eigenvalue weighted by Gasteiger charge is 2.15. The fraction of sp³-hybridized carbons (Fsp3) is 0.625. The van der Waals surface area contributed by atoms with Gasteiger partial charge in [0.1, 0.15) is 0 Å². The molecule has 0 aromatic heterocycles. The van der Waals surface area contributed by atoms with Crippen LogP contribution in [0.3, 0.4) is 0 Å². The topological polar surface area (TPSA) is 53.7 Å². The van der Waals surface area contributed by atoms with Crippen molar-refractivity contribution in [1.82, 2.24) is 0 Å². The van der Waals surface area contributed by atoms with Crippen LogP contribution in [-0.4, -0.2) is 20.0 Å². The molecule has 1 aromatic carbocycles. The van der Waals surface area contributed by atoms with E-state index in [9.17, 15) is 0 Å². The molecule has 0 fully saturated rings. The van der Waals surface area contributed by atoms with Crippen LogP contribution < -0.4 is 15.2 Å². The van der Waals surface area contributed by atoms with Crippen LogP contribution in [0, 0.1) is 0 Å². The summed E-state index contributed by atoms with van der Waals surface area (Å²) in [6, 6.07) is 5.71.